The summed E-state index contributed by atoms with van der Waals surface area (Å²) in [6.45, 7) is -0.529. The zero-order valence-corrected chi connectivity index (χ0v) is 12.2. The van der Waals surface area contributed by atoms with E-state index in [0.717, 1.165) is 0 Å². The van der Waals surface area contributed by atoms with Crippen molar-refractivity contribution in [2.24, 2.45) is 5.92 Å². The van der Waals surface area contributed by atoms with E-state index in [1.165, 1.54) is 0 Å². The van der Waals surface area contributed by atoms with Crippen molar-refractivity contribution in [1.29, 1.82) is 0 Å². The molecule has 0 amide bonds. The second kappa shape index (κ2) is 7.17. The number of carbonyl (C=O) groups is 1. The SMILES string of the molecule is CNc1ccccc1C(=O)C[C@H]1C(O)OC(CO)[C@@H](O)C1O. The standard InChI is InChI=1S/C15H21NO6/c1-16-10-5-3-2-4-8(10)11(18)6-9-13(19)14(20)12(7-17)22-15(9)21/h2-5,9,12-17,19-21H,6-7H2,1H3/t9-,12?,13?,14-,15?/m1/s1. The smallest absolute Gasteiger partial charge is 0.165 e. The summed E-state index contributed by atoms with van der Waals surface area (Å²) in [5, 5.41) is 41.7. The third kappa shape index (κ3) is 3.29. The van der Waals surface area contributed by atoms with Crippen LogP contribution < -0.4 is 5.32 Å². The Labute approximate surface area is 128 Å². The molecule has 1 aliphatic heterocycles. The van der Waals surface area contributed by atoms with Gasteiger partial charge in [-0.3, -0.25) is 4.79 Å². The topological polar surface area (TPSA) is 119 Å². The van der Waals surface area contributed by atoms with Crippen molar-refractivity contribution in [3.63, 3.8) is 0 Å². The quantitative estimate of drug-likeness (QED) is 0.458. The Balaban J connectivity index is 2.14. The highest BCUT2D eigenvalue weighted by molar-refractivity contribution is 6.01. The van der Waals surface area contributed by atoms with Crippen LogP contribution in [-0.2, 0) is 4.74 Å². The van der Waals surface area contributed by atoms with E-state index in [4.69, 9.17) is 9.84 Å². The molecule has 1 heterocycles. The number of para-hydroxylation sites is 1. The van der Waals surface area contributed by atoms with Crippen molar-refractivity contribution in [2.75, 3.05) is 19.0 Å². The van der Waals surface area contributed by atoms with E-state index in [1.807, 2.05) is 0 Å². The van der Waals surface area contributed by atoms with Crippen LogP contribution >= 0.6 is 0 Å². The Kier molecular flexibility index (Phi) is 5.49. The number of anilines is 1. The lowest BCUT2D eigenvalue weighted by molar-refractivity contribution is -0.268. The highest BCUT2D eigenvalue weighted by atomic mass is 16.6. The summed E-state index contributed by atoms with van der Waals surface area (Å²) in [6, 6.07) is 6.89. The first-order valence-corrected chi connectivity index (χ1v) is 7.10. The number of rotatable bonds is 5. The zero-order valence-electron chi connectivity index (χ0n) is 12.2. The lowest BCUT2D eigenvalue weighted by atomic mass is 9.86. The zero-order chi connectivity index (χ0) is 16.3. The van der Waals surface area contributed by atoms with Gasteiger partial charge >= 0.3 is 0 Å². The van der Waals surface area contributed by atoms with Gasteiger partial charge in [0.15, 0.2) is 12.1 Å². The van der Waals surface area contributed by atoms with Crippen molar-refractivity contribution in [1.82, 2.24) is 0 Å². The highest BCUT2D eigenvalue weighted by Crippen LogP contribution is 2.29. The van der Waals surface area contributed by atoms with Gasteiger partial charge in [-0.1, -0.05) is 12.1 Å². The van der Waals surface area contributed by atoms with Crippen molar-refractivity contribution in [3.8, 4) is 0 Å². The molecule has 7 heteroatoms. The normalized spacial score (nSPS) is 31.8. The van der Waals surface area contributed by atoms with Gasteiger partial charge in [0.05, 0.1) is 12.7 Å². The Morgan fingerprint density at radius 1 is 1.23 bits per heavy atom. The minimum atomic E-state index is -1.43. The molecule has 1 fully saturated rings. The molecule has 2 rings (SSSR count). The van der Waals surface area contributed by atoms with E-state index in [2.05, 4.69) is 5.32 Å². The van der Waals surface area contributed by atoms with Crippen LogP contribution in [0.3, 0.4) is 0 Å². The third-order valence-electron chi connectivity index (χ3n) is 3.95. The summed E-state index contributed by atoms with van der Waals surface area (Å²) in [5.41, 5.74) is 1.07. The second-order valence-electron chi connectivity index (χ2n) is 5.32. The first kappa shape index (κ1) is 16.9. The van der Waals surface area contributed by atoms with Gasteiger partial charge < -0.3 is 30.5 Å². The maximum absolute atomic E-state index is 12.4. The molecule has 5 atom stereocenters. The molecule has 0 bridgehead atoms. The maximum atomic E-state index is 12.4. The van der Waals surface area contributed by atoms with Crippen molar-refractivity contribution >= 4 is 11.5 Å². The molecule has 0 saturated carbocycles. The number of hydrogen-bond donors (Lipinski definition) is 5. The third-order valence-corrected chi connectivity index (χ3v) is 3.95. The molecule has 0 radical (unpaired) electrons. The number of hydrogen-bond acceptors (Lipinski definition) is 7. The molecular weight excluding hydrogens is 290 g/mol. The Morgan fingerprint density at radius 2 is 1.91 bits per heavy atom. The lowest BCUT2D eigenvalue weighted by Gasteiger charge is -2.40. The molecule has 22 heavy (non-hydrogen) atoms. The van der Waals surface area contributed by atoms with Crippen molar-refractivity contribution in [3.05, 3.63) is 29.8 Å². The number of carbonyl (C=O) groups excluding carboxylic acids is 1. The molecule has 1 aliphatic rings. The second-order valence-corrected chi connectivity index (χ2v) is 5.32. The van der Waals surface area contributed by atoms with Crippen LogP contribution in [0.2, 0.25) is 0 Å². The van der Waals surface area contributed by atoms with Gasteiger partial charge in [0.1, 0.15) is 12.2 Å². The molecule has 1 saturated heterocycles. The minimum absolute atomic E-state index is 0.184. The first-order chi connectivity index (χ1) is 10.5. The average molecular weight is 311 g/mol. The number of ketones is 1. The number of aliphatic hydroxyl groups excluding tert-OH is 4. The summed E-state index contributed by atoms with van der Waals surface area (Å²) < 4.78 is 5.05. The van der Waals surface area contributed by atoms with Crippen LogP contribution in [0.25, 0.3) is 0 Å². The molecule has 0 aromatic heterocycles. The number of Topliss-reactive ketones (excluding diaryl/α,β-unsaturated/α-hetero) is 1. The Hall–Kier alpha value is -1.51. The van der Waals surface area contributed by atoms with Gasteiger partial charge in [-0.2, -0.15) is 0 Å². The molecule has 7 nitrogen and oxygen atoms in total. The number of benzene rings is 1. The number of aliphatic hydroxyl groups is 4. The molecule has 0 aliphatic carbocycles. The fourth-order valence-electron chi connectivity index (χ4n) is 2.64. The van der Waals surface area contributed by atoms with Crippen molar-refractivity contribution in [2.45, 2.75) is 31.0 Å². The summed E-state index contributed by atoms with van der Waals surface area (Å²) in [5.74, 6) is -1.25. The Bertz CT molecular complexity index is 523. The largest absolute Gasteiger partial charge is 0.394 e. The molecule has 1 aromatic rings. The summed E-state index contributed by atoms with van der Waals surface area (Å²) in [4.78, 5) is 12.4. The van der Waals surface area contributed by atoms with E-state index >= 15 is 0 Å². The molecular formula is C15H21NO6. The van der Waals surface area contributed by atoms with Gasteiger partial charge in [-0.25, -0.2) is 0 Å². The van der Waals surface area contributed by atoms with Crippen LogP contribution in [0.4, 0.5) is 5.69 Å². The maximum Gasteiger partial charge on any atom is 0.165 e. The number of ether oxygens (including phenoxy) is 1. The van der Waals surface area contributed by atoms with E-state index in [0.29, 0.717) is 11.3 Å². The van der Waals surface area contributed by atoms with Crippen molar-refractivity contribution < 1.29 is 30.0 Å². The van der Waals surface area contributed by atoms with E-state index < -0.39 is 37.1 Å². The van der Waals surface area contributed by atoms with Gasteiger partial charge in [-0.05, 0) is 12.1 Å². The van der Waals surface area contributed by atoms with E-state index in [1.54, 1.807) is 31.3 Å². The van der Waals surface area contributed by atoms with Gasteiger partial charge in [-0.15, -0.1) is 0 Å². The van der Waals surface area contributed by atoms with Gasteiger partial charge in [0.2, 0.25) is 0 Å². The van der Waals surface area contributed by atoms with E-state index in [9.17, 15) is 20.1 Å². The molecule has 3 unspecified atom stereocenters. The fourth-order valence-corrected chi connectivity index (χ4v) is 2.64. The van der Waals surface area contributed by atoms with Crippen LogP contribution in [0.5, 0.6) is 0 Å². The van der Waals surface area contributed by atoms with Crippen LogP contribution in [-0.4, -0.2) is 64.5 Å². The van der Waals surface area contributed by atoms with E-state index in [-0.39, 0.29) is 12.2 Å². The predicted molar refractivity (Wildman–Crippen MR) is 78.4 cm³/mol. The molecule has 1 aromatic carbocycles. The lowest BCUT2D eigenvalue weighted by Crippen LogP contribution is -2.56. The minimum Gasteiger partial charge on any atom is -0.394 e. The Morgan fingerprint density at radius 3 is 2.55 bits per heavy atom. The molecule has 5 N–H and O–H groups in total. The van der Waals surface area contributed by atoms with Gasteiger partial charge in [0.25, 0.3) is 0 Å². The summed E-state index contributed by atoms with van der Waals surface area (Å²) in [7, 11) is 1.69. The summed E-state index contributed by atoms with van der Waals surface area (Å²) >= 11 is 0. The highest BCUT2D eigenvalue weighted by Gasteiger charge is 2.44. The monoisotopic (exact) mass is 311 g/mol. The average Bonchev–Trinajstić information content (AvgIpc) is 2.54. The van der Waals surface area contributed by atoms with Gasteiger partial charge in [0, 0.05) is 30.6 Å². The number of nitrogens with one attached hydrogen (secondary N) is 1. The fraction of sp³-hybridized carbons (Fsp3) is 0.533. The summed E-state index contributed by atoms with van der Waals surface area (Å²) in [6.07, 6.45) is -5.39. The molecule has 0 spiro atoms. The molecule has 122 valence electrons. The van der Waals surface area contributed by atoms with Crippen LogP contribution in [0, 0.1) is 5.92 Å². The van der Waals surface area contributed by atoms with Crippen LogP contribution in [0.1, 0.15) is 16.8 Å². The van der Waals surface area contributed by atoms with Crippen LogP contribution in [0.15, 0.2) is 24.3 Å². The predicted octanol–water partition coefficient (Wildman–Crippen LogP) is -0.651. The first-order valence-electron chi connectivity index (χ1n) is 7.10.